The Balaban J connectivity index is 1.55. The zero-order valence-electron chi connectivity index (χ0n) is 18.7. The molecule has 0 aliphatic carbocycles. The van der Waals surface area contributed by atoms with Crippen molar-refractivity contribution >= 4 is 23.9 Å². The number of ether oxygens (including phenoxy) is 5. The van der Waals surface area contributed by atoms with Crippen LogP contribution in [0.5, 0.6) is 23.0 Å². The lowest BCUT2D eigenvalue weighted by Crippen LogP contribution is -2.09. The van der Waals surface area contributed by atoms with Gasteiger partial charge in [0.25, 0.3) is 0 Å². The van der Waals surface area contributed by atoms with Crippen LogP contribution in [0, 0.1) is 0 Å². The van der Waals surface area contributed by atoms with Crippen molar-refractivity contribution in [1.82, 2.24) is 0 Å². The zero-order chi connectivity index (χ0) is 24.1. The minimum absolute atomic E-state index is 0.128. The van der Waals surface area contributed by atoms with Crippen LogP contribution in [0.1, 0.15) is 21.5 Å². The van der Waals surface area contributed by atoms with Crippen molar-refractivity contribution in [1.29, 1.82) is 0 Å². The Morgan fingerprint density at radius 2 is 1.62 bits per heavy atom. The first kappa shape index (κ1) is 22.6. The molecule has 1 aliphatic rings. The van der Waals surface area contributed by atoms with Gasteiger partial charge in [0.1, 0.15) is 11.5 Å². The standard InChI is InChI=1S/C26H21NO7/c1-30-19-10-8-17(9-11-19)25(28)33-22-12-7-16(14-23(22)32-3)13-21-26(29)34-24(27-21)18-5-4-6-20(15-18)31-2/h4-15H,1-3H3/b21-13-. The number of hydrogen-bond acceptors (Lipinski definition) is 8. The number of carbonyl (C=O) groups excluding carboxylic acids is 2. The average molecular weight is 459 g/mol. The van der Waals surface area contributed by atoms with Crippen LogP contribution in [-0.2, 0) is 9.53 Å². The molecule has 34 heavy (non-hydrogen) atoms. The molecule has 8 heteroatoms. The molecule has 0 spiro atoms. The average Bonchev–Trinajstić information content (AvgIpc) is 3.24. The molecule has 0 atom stereocenters. The predicted molar refractivity (Wildman–Crippen MR) is 125 cm³/mol. The summed E-state index contributed by atoms with van der Waals surface area (Å²) in [6, 6.07) is 18.5. The van der Waals surface area contributed by atoms with Gasteiger partial charge in [0.2, 0.25) is 5.90 Å². The van der Waals surface area contributed by atoms with Crippen molar-refractivity contribution in [3.63, 3.8) is 0 Å². The number of esters is 2. The Hall–Kier alpha value is -4.59. The monoisotopic (exact) mass is 459 g/mol. The van der Waals surface area contributed by atoms with Gasteiger partial charge in [-0.05, 0) is 66.2 Å². The molecule has 0 radical (unpaired) electrons. The van der Waals surface area contributed by atoms with Crippen molar-refractivity contribution in [3.8, 4) is 23.0 Å². The molecular formula is C26H21NO7. The topological polar surface area (TPSA) is 92.7 Å². The van der Waals surface area contributed by atoms with Crippen LogP contribution in [0.25, 0.3) is 6.08 Å². The van der Waals surface area contributed by atoms with E-state index in [1.807, 2.05) is 0 Å². The van der Waals surface area contributed by atoms with E-state index in [-0.39, 0.29) is 17.3 Å². The predicted octanol–water partition coefficient (Wildman–Crippen LogP) is 4.28. The minimum Gasteiger partial charge on any atom is -0.497 e. The molecular weight excluding hydrogens is 438 g/mol. The fraction of sp³-hybridized carbons (Fsp3) is 0.115. The van der Waals surface area contributed by atoms with E-state index in [1.165, 1.54) is 7.11 Å². The molecule has 8 nitrogen and oxygen atoms in total. The van der Waals surface area contributed by atoms with E-state index in [4.69, 9.17) is 23.7 Å². The third-order valence-electron chi connectivity index (χ3n) is 4.96. The number of methoxy groups -OCH3 is 3. The van der Waals surface area contributed by atoms with E-state index in [9.17, 15) is 9.59 Å². The van der Waals surface area contributed by atoms with Crippen LogP contribution in [-0.4, -0.2) is 39.2 Å². The summed E-state index contributed by atoms with van der Waals surface area (Å²) in [4.78, 5) is 29.1. The molecule has 1 aliphatic heterocycles. The van der Waals surface area contributed by atoms with Gasteiger partial charge in [-0.25, -0.2) is 14.6 Å². The summed E-state index contributed by atoms with van der Waals surface area (Å²) in [5, 5.41) is 0. The maximum atomic E-state index is 12.5. The van der Waals surface area contributed by atoms with E-state index in [1.54, 1.807) is 87.0 Å². The summed E-state index contributed by atoms with van der Waals surface area (Å²) in [5.74, 6) is 0.880. The first-order chi connectivity index (χ1) is 16.5. The summed E-state index contributed by atoms with van der Waals surface area (Å²) in [7, 11) is 4.56. The van der Waals surface area contributed by atoms with Crippen molar-refractivity contribution in [2.24, 2.45) is 4.99 Å². The summed E-state index contributed by atoms with van der Waals surface area (Å²) < 4.78 is 26.5. The quantitative estimate of drug-likeness (QED) is 0.296. The highest BCUT2D eigenvalue weighted by atomic mass is 16.6. The Kier molecular flexibility index (Phi) is 6.59. The second-order valence-electron chi connectivity index (χ2n) is 7.10. The highest BCUT2D eigenvalue weighted by Gasteiger charge is 2.24. The normalized spacial score (nSPS) is 13.8. The number of nitrogens with zero attached hydrogens (tertiary/aromatic N) is 1. The second kappa shape index (κ2) is 9.91. The lowest BCUT2D eigenvalue weighted by atomic mass is 10.1. The second-order valence-corrected chi connectivity index (χ2v) is 7.10. The molecule has 4 rings (SSSR count). The molecule has 172 valence electrons. The van der Waals surface area contributed by atoms with Gasteiger partial charge >= 0.3 is 11.9 Å². The zero-order valence-corrected chi connectivity index (χ0v) is 18.7. The molecule has 0 amide bonds. The first-order valence-electron chi connectivity index (χ1n) is 10.2. The van der Waals surface area contributed by atoms with Gasteiger partial charge in [-0.1, -0.05) is 12.1 Å². The number of aliphatic imine (C=N–C) groups is 1. The largest absolute Gasteiger partial charge is 0.497 e. The maximum absolute atomic E-state index is 12.5. The Labute approximate surface area is 196 Å². The van der Waals surface area contributed by atoms with Gasteiger partial charge in [-0.15, -0.1) is 0 Å². The van der Waals surface area contributed by atoms with Gasteiger partial charge in [0.15, 0.2) is 17.2 Å². The molecule has 0 saturated heterocycles. The summed E-state index contributed by atoms with van der Waals surface area (Å²) in [6.07, 6.45) is 1.56. The lowest BCUT2D eigenvalue weighted by Gasteiger charge is -2.10. The number of benzene rings is 3. The highest BCUT2D eigenvalue weighted by molar-refractivity contribution is 6.13. The summed E-state index contributed by atoms with van der Waals surface area (Å²) >= 11 is 0. The molecule has 3 aromatic rings. The van der Waals surface area contributed by atoms with Crippen molar-refractivity contribution < 1.29 is 33.3 Å². The smallest absolute Gasteiger partial charge is 0.363 e. The minimum atomic E-state index is -0.577. The van der Waals surface area contributed by atoms with E-state index in [0.29, 0.717) is 33.9 Å². The van der Waals surface area contributed by atoms with Gasteiger partial charge < -0.3 is 23.7 Å². The number of cyclic esters (lactones) is 1. The van der Waals surface area contributed by atoms with Crippen molar-refractivity contribution in [3.05, 3.63) is 89.1 Å². The van der Waals surface area contributed by atoms with E-state index in [0.717, 1.165) is 0 Å². The molecule has 3 aromatic carbocycles. The van der Waals surface area contributed by atoms with Crippen molar-refractivity contribution in [2.75, 3.05) is 21.3 Å². The van der Waals surface area contributed by atoms with E-state index >= 15 is 0 Å². The van der Waals surface area contributed by atoms with E-state index < -0.39 is 11.9 Å². The fourth-order valence-electron chi connectivity index (χ4n) is 3.19. The Morgan fingerprint density at radius 3 is 2.32 bits per heavy atom. The molecule has 0 bridgehead atoms. The van der Waals surface area contributed by atoms with Gasteiger partial charge in [0, 0.05) is 5.56 Å². The van der Waals surface area contributed by atoms with Crippen LogP contribution in [0.3, 0.4) is 0 Å². The Bertz CT molecular complexity index is 1290. The van der Waals surface area contributed by atoms with E-state index in [2.05, 4.69) is 4.99 Å². The highest BCUT2D eigenvalue weighted by Crippen LogP contribution is 2.31. The van der Waals surface area contributed by atoms with Gasteiger partial charge in [-0.3, -0.25) is 0 Å². The van der Waals surface area contributed by atoms with Crippen LogP contribution >= 0.6 is 0 Å². The molecule has 0 N–H and O–H groups in total. The number of carbonyl (C=O) groups is 2. The number of hydrogen-bond donors (Lipinski definition) is 0. The third kappa shape index (κ3) is 4.91. The molecule has 1 heterocycles. The molecule has 0 fully saturated rings. The van der Waals surface area contributed by atoms with Crippen LogP contribution in [0.15, 0.2) is 77.4 Å². The Morgan fingerprint density at radius 1 is 0.853 bits per heavy atom. The third-order valence-corrected chi connectivity index (χ3v) is 4.96. The van der Waals surface area contributed by atoms with Gasteiger partial charge in [-0.2, -0.15) is 0 Å². The molecule has 0 saturated carbocycles. The summed E-state index contributed by atoms with van der Waals surface area (Å²) in [5.41, 5.74) is 1.73. The van der Waals surface area contributed by atoms with Crippen LogP contribution < -0.4 is 18.9 Å². The molecule has 0 aromatic heterocycles. The lowest BCUT2D eigenvalue weighted by molar-refractivity contribution is -0.129. The molecule has 0 unspecified atom stereocenters. The van der Waals surface area contributed by atoms with Crippen molar-refractivity contribution in [2.45, 2.75) is 0 Å². The SMILES string of the molecule is COc1ccc(C(=O)Oc2ccc(/C=C3\N=C(c4cccc(OC)c4)OC3=O)cc2OC)cc1. The maximum Gasteiger partial charge on any atom is 0.363 e. The fourth-order valence-corrected chi connectivity index (χ4v) is 3.19. The summed E-state index contributed by atoms with van der Waals surface area (Å²) in [6.45, 7) is 0. The first-order valence-corrected chi connectivity index (χ1v) is 10.2. The number of rotatable bonds is 7. The van der Waals surface area contributed by atoms with Crippen LogP contribution in [0.2, 0.25) is 0 Å². The van der Waals surface area contributed by atoms with Crippen LogP contribution in [0.4, 0.5) is 0 Å². The van der Waals surface area contributed by atoms with Gasteiger partial charge in [0.05, 0.1) is 26.9 Å².